The first-order chi connectivity index (χ1) is 13.5. The zero-order valence-corrected chi connectivity index (χ0v) is 17.8. The Morgan fingerprint density at radius 3 is 2.75 bits per heavy atom. The molecule has 1 aliphatic rings. The minimum Gasteiger partial charge on any atom is -0.356 e. The summed E-state index contributed by atoms with van der Waals surface area (Å²) in [6, 6.07) is 8.44. The number of benzene rings is 1. The maximum atomic E-state index is 12.6. The maximum Gasteiger partial charge on any atom is 0.224 e. The SMILES string of the molecule is Cc1ccc(Sc2nccnc2N2CCC[C@H](C(=O)NCCC(C)C)C2)cc1. The Morgan fingerprint density at radius 1 is 1.25 bits per heavy atom. The molecule has 150 valence electrons. The van der Waals surface area contributed by atoms with E-state index in [0.717, 1.165) is 48.1 Å². The molecule has 6 heteroatoms. The summed E-state index contributed by atoms with van der Waals surface area (Å²) in [5.41, 5.74) is 1.24. The molecule has 2 aromatic rings. The zero-order chi connectivity index (χ0) is 19.9. The van der Waals surface area contributed by atoms with Gasteiger partial charge in [0.15, 0.2) is 5.82 Å². The van der Waals surface area contributed by atoms with E-state index in [1.54, 1.807) is 24.2 Å². The minimum absolute atomic E-state index is 0.0140. The second-order valence-corrected chi connectivity index (χ2v) is 8.92. The van der Waals surface area contributed by atoms with Gasteiger partial charge in [0.25, 0.3) is 0 Å². The number of amides is 1. The quantitative estimate of drug-likeness (QED) is 0.753. The number of carbonyl (C=O) groups excluding carboxylic acids is 1. The lowest BCUT2D eigenvalue weighted by Gasteiger charge is -2.33. The summed E-state index contributed by atoms with van der Waals surface area (Å²) in [4.78, 5) is 25.1. The van der Waals surface area contributed by atoms with Crippen LogP contribution in [0.1, 0.15) is 38.7 Å². The molecule has 1 saturated heterocycles. The number of hydrogen-bond acceptors (Lipinski definition) is 5. The van der Waals surface area contributed by atoms with Crippen LogP contribution in [-0.2, 0) is 4.79 Å². The molecule has 1 amide bonds. The van der Waals surface area contributed by atoms with Crippen molar-refractivity contribution in [1.29, 1.82) is 0 Å². The molecule has 1 N–H and O–H groups in total. The van der Waals surface area contributed by atoms with Crippen molar-refractivity contribution in [1.82, 2.24) is 15.3 Å². The van der Waals surface area contributed by atoms with E-state index in [-0.39, 0.29) is 11.8 Å². The molecule has 0 bridgehead atoms. The molecule has 5 nitrogen and oxygen atoms in total. The van der Waals surface area contributed by atoms with Gasteiger partial charge in [-0.25, -0.2) is 9.97 Å². The van der Waals surface area contributed by atoms with E-state index in [2.05, 4.69) is 65.2 Å². The molecule has 3 rings (SSSR count). The molecule has 1 atom stereocenters. The highest BCUT2D eigenvalue weighted by Crippen LogP contribution is 2.34. The molecule has 1 aliphatic heterocycles. The van der Waals surface area contributed by atoms with Gasteiger partial charge in [-0.05, 0) is 44.2 Å². The Labute approximate surface area is 172 Å². The first-order valence-corrected chi connectivity index (χ1v) is 10.9. The number of carbonyl (C=O) groups is 1. The Kier molecular flexibility index (Phi) is 7.31. The Hall–Kier alpha value is -2.08. The third-order valence-electron chi connectivity index (χ3n) is 4.99. The van der Waals surface area contributed by atoms with Crippen LogP contribution in [0.25, 0.3) is 0 Å². The normalized spacial score (nSPS) is 17.0. The van der Waals surface area contributed by atoms with Crippen molar-refractivity contribution in [2.45, 2.75) is 50.0 Å². The van der Waals surface area contributed by atoms with E-state index in [1.165, 1.54) is 5.56 Å². The van der Waals surface area contributed by atoms with Crippen molar-refractivity contribution in [3.8, 4) is 0 Å². The van der Waals surface area contributed by atoms with Gasteiger partial charge in [-0.15, -0.1) is 0 Å². The van der Waals surface area contributed by atoms with E-state index in [1.807, 2.05) is 0 Å². The van der Waals surface area contributed by atoms with Crippen molar-refractivity contribution in [2.75, 3.05) is 24.5 Å². The van der Waals surface area contributed by atoms with Gasteiger partial charge in [0.1, 0.15) is 5.03 Å². The number of nitrogens with zero attached hydrogens (tertiary/aromatic N) is 3. The molecule has 0 saturated carbocycles. The van der Waals surface area contributed by atoms with Crippen LogP contribution in [0.4, 0.5) is 5.82 Å². The van der Waals surface area contributed by atoms with E-state index in [0.29, 0.717) is 12.5 Å². The summed E-state index contributed by atoms with van der Waals surface area (Å²) in [6.45, 7) is 8.81. The molecular weight excluding hydrogens is 368 g/mol. The molecule has 1 fully saturated rings. The number of hydrogen-bond donors (Lipinski definition) is 1. The summed E-state index contributed by atoms with van der Waals surface area (Å²) in [5.74, 6) is 1.67. The molecule has 1 aromatic heterocycles. The Bertz CT molecular complexity index is 778. The smallest absolute Gasteiger partial charge is 0.224 e. The fourth-order valence-electron chi connectivity index (χ4n) is 3.34. The van der Waals surface area contributed by atoms with E-state index < -0.39 is 0 Å². The number of aryl methyl sites for hydroxylation is 1. The van der Waals surface area contributed by atoms with Gasteiger partial charge in [0.05, 0.1) is 5.92 Å². The standard InChI is InChI=1S/C22H30N4OS/c1-16(2)10-11-24-21(27)18-5-4-14-26(15-18)20-22(25-13-12-23-20)28-19-8-6-17(3)7-9-19/h6-9,12-13,16,18H,4-5,10-11,14-15H2,1-3H3,(H,24,27)/t18-/m0/s1. The van der Waals surface area contributed by atoms with E-state index in [4.69, 9.17) is 0 Å². The molecule has 0 spiro atoms. The lowest BCUT2D eigenvalue weighted by atomic mass is 9.97. The van der Waals surface area contributed by atoms with Gasteiger partial charge in [-0.3, -0.25) is 4.79 Å². The molecule has 0 unspecified atom stereocenters. The molecule has 28 heavy (non-hydrogen) atoms. The predicted octanol–water partition coefficient (Wildman–Crippen LogP) is 4.31. The Balaban J connectivity index is 1.67. The van der Waals surface area contributed by atoms with Gasteiger partial charge >= 0.3 is 0 Å². The fraction of sp³-hybridized carbons (Fsp3) is 0.500. The van der Waals surface area contributed by atoms with Crippen LogP contribution < -0.4 is 10.2 Å². The van der Waals surface area contributed by atoms with Crippen molar-refractivity contribution in [3.63, 3.8) is 0 Å². The Morgan fingerprint density at radius 2 is 2.00 bits per heavy atom. The third-order valence-corrected chi connectivity index (χ3v) is 5.98. The van der Waals surface area contributed by atoms with Crippen molar-refractivity contribution < 1.29 is 4.79 Å². The third kappa shape index (κ3) is 5.71. The first-order valence-electron chi connectivity index (χ1n) is 10.1. The van der Waals surface area contributed by atoms with Gasteiger partial charge in [0.2, 0.25) is 5.91 Å². The molecule has 2 heterocycles. The van der Waals surface area contributed by atoms with Crippen LogP contribution in [0.15, 0.2) is 46.6 Å². The summed E-state index contributed by atoms with van der Waals surface area (Å²) < 4.78 is 0. The largest absolute Gasteiger partial charge is 0.356 e. The van der Waals surface area contributed by atoms with Crippen LogP contribution >= 0.6 is 11.8 Å². The number of rotatable bonds is 7. The average Bonchev–Trinajstić information content (AvgIpc) is 2.70. The number of piperidine rings is 1. The van der Waals surface area contributed by atoms with Crippen LogP contribution in [0.5, 0.6) is 0 Å². The second kappa shape index (κ2) is 9.92. The highest BCUT2D eigenvalue weighted by atomic mass is 32.2. The number of aromatic nitrogens is 2. The predicted molar refractivity (Wildman–Crippen MR) is 115 cm³/mol. The maximum absolute atomic E-state index is 12.6. The first kappa shape index (κ1) is 20.6. The van der Waals surface area contributed by atoms with Crippen LogP contribution in [0.2, 0.25) is 0 Å². The van der Waals surface area contributed by atoms with Crippen molar-refractivity contribution >= 4 is 23.5 Å². The lowest BCUT2D eigenvalue weighted by Crippen LogP contribution is -2.44. The summed E-state index contributed by atoms with van der Waals surface area (Å²) in [7, 11) is 0. The van der Waals surface area contributed by atoms with Gasteiger partial charge in [0, 0.05) is 36.9 Å². The number of anilines is 1. The lowest BCUT2D eigenvalue weighted by molar-refractivity contribution is -0.125. The molecular formula is C22H30N4OS. The van der Waals surface area contributed by atoms with E-state index in [9.17, 15) is 4.79 Å². The van der Waals surface area contributed by atoms with Crippen LogP contribution in [0.3, 0.4) is 0 Å². The second-order valence-electron chi connectivity index (χ2n) is 7.86. The summed E-state index contributed by atoms with van der Waals surface area (Å²) in [5, 5.41) is 4.00. The highest BCUT2D eigenvalue weighted by Gasteiger charge is 2.28. The highest BCUT2D eigenvalue weighted by molar-refractivity contribution is 7.99. The summed E-state index contributed by atoms with van der Waals surface area (Å²) >= 11 is 1.63. The van der Waals surface area contributed by atoms with Crippen LogP contribution in [0, 0.1) is 18.8 Å². The zero-order valence-electron chi connectivity index (χ0n) is 17.0. The van der Waals surface area contributed by atoms with Gasteiger partial charge in [-0.2, -0.15) is 0 Å². The average molecular weight is 399 g/mol. The van der Waals surface area contributed by atoms with E-state index >= 15 is 0 Å². The van der Waals surface area contributed by atoms with Crippen LogP contribution in [-0.4, -0.2) is 35.5 Å². The molecule has 0 aliphatic carbocycles. The van der Waals surface area contributed by atoms with Crippen molar-refractivity contribution in [3.05, 3.63) is 42.2 Å². The van der Waals surface area contributed by atoms with Gasteiger partial charge < -0.3 is 10.2 Å². The minimum atomic E-state index is 0.0140. The monoisotopic (exact) mass is 398 g/mol. The van der Waals surface area contributed by atoms with Gasteiger partial charge in [-0.1, -0.05) is 43.3 Å². The van der Waals surface area contributed by atoms with Crippen molar-refractivity contribution in [2.24, 2.45) is 11.8 Å². The topological polar surface area (TPSA) is 58.1 Å². The molecule has 0 radical (unpaired) electrons. The fourth-order valence-corrected chi connectivity index (χ4v) is 4.22. The molecule has 1 aromatic carbocycles. The number of nitrogens with one attached hydrogen (secondary N) is 1. The summed E-state index contributed by atoms with van der Waals surface area (Å²) in [6.07, 6.45) is 6.42.